The molecule has 2 aromatic rings. The minimum Gasteiger partial charge on any atom is -0.490 e. The van der Waals surface area contributed by atoms with E-state index in [1.807, 2.05) is 6.07 Å². The Balaban J connectivity index is 2.50. The second kappa shape index (κ2) is 15.5. The lowest BCUT2D eigenvalue weighted by Gasteiger charge is -2.31. The summed E-state index contributed by atoms with van der Waals surface area (Å²) in [6.07, 6.45) is -4.44. The molecule has 4 atom stereocenters. The zero-order valence-electron chi connectivity index (χ0n) is 24.0. The molecule has 13 heteroatoms. The van der Waals surface area contributed by atoms with Crippen LogP contribution in [0.5, 0.6) is 5.75 Å². The molecule has 0 fully saturated rings. The van der Waals surface area contributed by atoms with Gasteiger partial charge in [0, 0.05) is 12.8 Å². The van der Waals surface area contributed by atoms with Gasteiger partial charge in [-0.1, -0.05) is 76.2 Å². The average Bonchev–Trinajstić information content (AvgIpc) is 2.87. The maximum absolute atomic E-state index is 14.3. The third kappa shape index (κ3) is 11.6. The largest absolute Gasteiger partial charge is 0.490 e. The van der Waals surface area contributed by atoms with Gasteiger partial charge in [-0.3, -0.25) is 27.8 Å². The normalized spacial score (nSPS) is 16.3. The molecule has 0 amide bonds. The van der Waals surface area contributed by atoms with E-state index in [2.05, 4.69) is 0 Å². The first kappa shape index (κ1) is 34.4. The van der Waals surface area contributed by atoms with Crippen LogP contribution in [-0.2, 0) is 49.2 Å². The Hall–Kier alpha value is -2.76. The summed E-state index contributed by atoms with van der Waals surface area (Å²) in [6, 6.07) is 17.5. The number of rotatable bonds is 16. The molecule has 0 aliphatic carbocycles. The highest BCUT2D eigenvalue weighted by Gasteiger charge is 2.49. The second-order valence-electron chi connectivity index (χ2n) is 10.0. The van der Waals surface area contributed by atoms with E-state index in [4.69, 9.17) is 23.3 Å². The number of hydrogen-bond acceptors (Lipinski definition) is 10. The Morgan fingerprint density at radius 2 is 1.22 bits per heavy atom. The fourth-order valence-electron chi connectivity index (χ4n) is 3.60. The van der Waals surface area contributed by atoms with E-state index in [9.17, 15) is 27.1 Å². The summed E-state index contributed by atoms with van der Waals surface area (Å²) in [5.74, 6) is -2.15. The van der Waals surface area contributed by atoms with Crippen molar-refractivity contribution in [1.29, 1.82) is 0 Å². The number of para-hydroxylation sites is 1. The number of carbonyl (C=O) groups excluding carboxylic acids is 2. The van der Waals surface area contributed by atoms with Crippen molar-refractivity contribution in [3.63, 3.8) is 0 Å². The first-order chi connectivity index (χ1) is 19.1. The SMILES string of the molecule is CC(OC(=O)C(C)C)OP(=O)(OC(C)OC(=O)C(C)C)C(CC(Cc1ccccc1)Oc1ccccc1)S(=O)(=O)O. The summed E-state index contributed by atoms with van der Waals surface area (Å²) in [5.41, 5.74) is 0.776. The molecule has 0 spiro atoms. The fourth-order valence-corrected chi connectivity index (χ4v) is 7.39. The Morgan fingerprint density at radius 1 is 0.780 bits per heavy atom. The van der Waals surface area contributed by atoms with E-state index in [1.54, 1.807) is 82.3 Å². The van der Waals surface area contributed by atoms with Gasteiger partial charge >= 0.3 is 19.5 Å². The Morgan fingerprint density at radius 3 is 1.63 bits per heavy atom. The van der Waals surface area contributed by atoms with Crippen LogP contribution in [0.3, 0.4) is 0 Å². The summed E-state index contributed by atoms with van der Waals surface area (Å²) in [5, 5.41) is 0. The van der Waals surface area contributed by atoms with Gasteiger partial charge in [0.25, 0.3) is 10.1 Å². The molecule has 1 N–H and O–H groups in total. The molecular weight excluding hydrogens is 575 g/mol. The molecular formula is C28H39O11PS. The summed E-state index contributed by atoms with van der Waals surface area (Å²) in [4.78, 5) is 22.1. The molecule has 0 saturated heterocycles. The Bertz CT molecular complexity index is 1190. The molecule has 41 heavy (non-hydrogen) atoms. The quantitative estimate of drug-likeness (QED) is 0.109. The molecule has 0 aliphatic heterocycles. The summed E-state index contributed by atoms with van der Waals surface area (Å²) in [7, 11) is -10.1. The van der Waals surface area contributed by atoms with Crippen molar-refractivity contribution in [2.75, 3.05) is 0 Å². The molecule has 0 saturated carbocycles. The number of benzene rings is 2. The highest BCUT2D eigenvalue weighted by Crippen LogP contribution is 2.58. The zero-order valence-corrected chi connectivity index (χ0v) is 25.7. The summed E-state index contributed by atoms with van der Waals surface area (Å²) < 4.78 is 77.5. The molecule has 0 aliphatic rings. The van der Waals surface area contributed by atoms with Gasteiger partial charge in [0.15, 0.2) is 4.99 Å². The third-order valence-electron chi connectivity index (χ3n) is 5.61. The average molecular weight is 615 g/mol. The summed E-state index contributed by atoms with van der Waals surface area (Å²) >= 11 is 0. The van der Waals surface area contributed by atoms with Crippen molar-refractivity contribution in [3.8, 4) is 5.75 Å². The Labute approximate surface area is 241 Å². The number of hydrogen-bond donors (Lipinski definition) is 1. The minimum atomic E-state index is -5.16. The molecule has 2 rings (SSSR count). The predicted molar refractivity (Wildman–Crippen MR) is 152 cm³/mol. The van der Waals surface area contributed by atoms with E-state index in [1.165, 1.54) is 13.8 Å². The smallest absolute Gasteiger partial charge is 0.357 e. The van der Waals surface area contributed by atoms with Crippen LogP contribution in [0.1, 0.15) is 53.5 Å². The molecule has 0 aromatic heterocycles. The van der Waals surface area contributed by atoms with Crippen LogP contribution in [0.2, 0.25) is 0 Å². The highest BCUT2D eigenvalue weighted by atomic mass is 32.2. The van der Waals surface area contributed by atoms with Crippen molar-refractivity contribution < 1.29 is 50.4 Å². The fraction of sp³-hybridized carbons (Fsp3) is 0.500. The van der Waals surface area contributed by atoms with Gasteiger partial charge in [0.2, 0.25) is 12.6 Å². The van der Waals surface area contributed by atoms with Crippen molar-refractivity contribution in [1.82, 2.24) is 0 Å². The van der Waals surface area contributed by atoms with Crippen LogP contribution in [0.15, 0.2) is 60.7 Å². The van der Waals surface area contributed by atoms with Crippen LogP contribution in [0.4, 0.5) is 0 Å². The van der Waals surface area contributed by atoms with E-state index in [-0.39, 0.29) is 6.42 Å². The van der Waals surface area contributed by atoms with Crippen molar-refractivity contribution in [3.05, 3.63) is 66.2 Å². The number of carbonyl (C=O) groups is 2. The monoisotopic (exact) mass is 614 g/mol. The van der Waals surface area contributed by atoms with E-state index >= 15 is 0 Å². The molecule has 11 nitrogen and oxygen atoms in total. The lowest BCUT2D eigenvalue weighted by Crippen LogP contribution is -2.34. The highest BCUT2D eigenvalue weighted by molar-refractivity contribution is 7.94. The topological polar surface area (TPSA) is 152 Å². The van der Waals surface area contributed by atoms with Crippen molar-refractivity contribution in [2.45, 2.75) is 78.1 Å². The lowest BCUT2D eigenvalue weighted by molar-refractivity contribution is -0.171. The molecule has 2 aromatic carbocycles. The van der Waals surface area contributed by atoms with Crippen LogP contribution in [0, 0.1) is 11.8 Å². The van der Waals surface area contributed by atoms with E-state index in [0.29, 0.717) is 5.75 Å². The van der Waals surface area contributed by atoms with Gasteiger partial charge in [-0.15, -0.1) is 0 Å². The van der Waals surface area contributed by atoms with Gasteiger partial charge in [-0.25, -0.2) is 0 Å². The molecule has 0 heterocycles. The Kier molecular flexibility index (Phi) is 13.0. The van der Waals surface area contributed by atoms with Crippen LogP contribution < -0.4 is 4.74 Å². The van der Waals surface area contributed by atoms with Crippen molar-refractivity contribution in [2.24, 2.45) is 11.8 Å². The predicted octanol–water partition coefficient (Wildman–Crippen LogP) is 5.60. The second-order valence-corrected chi connectivity index (χ2v) is 14.1. The van der Waals surface area contributed by atoms with Gasteiger partial charge in [0.05, 0.1) is 11.8 Å². The summed E-state index contributed by atoms with van der Waals surface area (Å²) in [6.45, 7) is 8.71. The van der Waals surface area contributed by atoms with E-state index < -0.39 is 71.6 Å². The van der Waals surface area contributed by atoms with Gasteiger partial charge in [0.1, 0.15) is 11.9 Å². The molecule has 0 radical (unpaired) electrons. The van der Waals surface area contributed by atoms with E-state index in [0.717, 1.165) is 5.56 Å². The number of ether oxygens (including phenoxy) is 3. The van der Waals surface area contributed by atoms with Gasteiger partial charge in [-0.05, 0) is 31.5 Å². The third-order valence-corrected chi connectivity index (χ3v) is 10.2. The number of esters is 2. The van der Waals surface area contributed by atoms with Crippen LogP contribution in [0.25, 0.3) is 0 Å². The maximum Gasteiger partial charge on any atom is 0.357 e. The lowest BCUT2D eigenvalue weighted by atomic mass is 10.1. The van der Waals surface area contributed by atoms with Crippen LogP contribution in [-0.4, -0.2) is 48.6 Å². The van der Waals surface area contributed by atoms with Crippen LogP contribution >= 0.6 is 7.60 Å². The molecule has 228 valence electrons. The maximum atomic E-state index is 14.3. The first-order valence-corrected chi connectivity index (χ1v) is 16.3. The molecule has 0 bridgehead atoms. The zero-order chi connectivity index (χ0) is 30.8. The van der Waals surface area contributed by atoms with Crippen molar-refractivity contribution >= 4 is 29.7 Å². The van der Waals surface area contributed by atoms with Gasteiger partial charge in [-0.2, -0.15) is 8.42 Å². The molecule has 4 unspecified atom stereocenters. The standard InChI is InChI=1S/C28H39O11PS/c1-19(2)27(29)35-21(5)38-40(31,39-22(6)36-28(30)20(3)4)26(41(32,33)34)18-25(17-23-13-9-7-10-14-23)37-24-15-11-8-12-16-24/h7-16,19-22,25-26H,17-18H2,1-6H3,(H,32,33,34). The van der Waals surface area contributed by atoms with Gasteiger partial charge < -0.3 is 14.2 Å². The minimum absolute atomic E-state index is 0.164. The first-order valence-electron chi connectivity index (χ1n) is 13.2.